The van der Waals surface area contributed by atoms with Crippen molar-refractivity contribution in [2.24, 2.45) is 11.7 Å². The van der Waals surface area contributed by atoms with Gasteiger partial charge in [-0.1, -0.05) is 19.9 Å². The van der Waals surface area contributed by atoms with Crippen LogP contribution in [0.25, 0.3) is 0 Å². The van der Waals surface area contributed by atoms with E-state index in [9.17, 15) is 4.21 Å². The summed E-state index contributed by atoms with van der Waals surface area (Å²) in [6.45, 7) is 6.09. The van der Waals surface area contributed by atoms with Gasteiger partial charge in [-0.05, 0) is 30.5 Å². The number of hydrogen-bond donors (Lipinski definition) is 1. The third-order valence-corrected chi connectivity index (χ3v) is 4.34. The Hall–Kier alpha value is -0.870. The monoisotopic (exact) mass is 269 g/mol. The Balaban J connectivity index is 2.91. The average molecular weight is 269 g/mol. The van der Waals surface area contributed by atoms with Crippen molar-refractivity contribution < 1.29 is 8.95 Å². The molecule has 0 saturated heterocycles. The summed E-state index contributed by atoms with van der Waals surface area (Å²) < 4.78 is 17.3. The normalized spacial score (nSPS) is 14.6. The fourth-order valence-corrected chi connectivity index (χ4v) is 3.23. The number of nitrogens with two attached hydrogens (primary N) is 1. The van der Waals surface area contributed by atoms with Gasteiger partial charge in [0, 0.05) is 28.2 Å². The second-order valence-electron chi connectivity index (χ2n) is 5.00. The fraction of sp³-hybridized carbons (Fsp3) is 0.571. The Morgan fingerprint density at radius 2 is 2.00 bits per heavy atom. The van der Waals surface area contributed by atoms with E-state index in [1.54, 1.807) is 7.11 Å². The molecule has 1 rings (SSSR count). The summed E-state index contributed by atoms with van der Waals surface area (Å²) in [4.78, 5) is 0. The minimum atomic E-state index is -0.855. The van der Waals surface area contributed by atoms with Gasteiger partial charge >= 0.3 is 0 Å². The highest BCUT2D eigenvalue weighted by atomic mass is 32.2. The molecule has 2 unspecified atom stereocenters. The lowest BCUT2D eigenvalue weighted by molar-refractivity contribution is 0.411. The zero-order valence-corrected chi connectivity index (χ0v) is 12.4. The van der Waals surface area contributed by atoms with Gasteiger partial charge in [-0.15, -0.1) is 0 Å². The summed E-state index contributed by atoms with van der Waals surface area (Å²) in [6.07, 6.45) is 0. The van der Waals surface area contributed by atoms with Gasteiger partial charge in [0.15, 0.2) is 0 Å². The van der Waals surface area contributed by atoms with Crippen LogP contribution in [0.4, 0.5) is 0 Å². The van der Waals surface area contributed by atoms with E-state index < -0.39 is 10.8 Å². The molecule has 0 fully saturated rings. The lowest BCUT2D eigenvalue weighted by Crippen LogP contribution is -2.09. The molecule has 0 aliphatic carbocycles. The van der Waals surface area contributed by atoms with Gasteiger partial charge in [0.1, 0.15) is 5.75 Å². The van der Waals surface area contributed by atoms with Crippen LogP contribution in [0.1, 0.15) is 37.9 Å². The lowest BCUT2D eigenvalue weighted by Gasteiger charge is -2.13. The highest BCUT2D eigenvalue weighted by Crippen LogP contribution is 2.24. The first-order valence-electron chi connectivity index (χ1n) is 6.21. The standard InChI is InChI=1S/C14H23NO2S/c1-10(2)8-18(16)9-13-7-12(11(3)15)5-6-14(13)17-4/h5-7,10-11H,8-9,15H2,1-4H3. The van der Waals surface area contributed by atoms with Gasteiger partial charge in [-0.2, -0.15) is 0 Å². The number of hydrogen-bond acceptors (Lipinski definition) is 3. The summed E-state index contributed by atoms with van der Waals surface area (Å²) in [7, 11) is 0.779. The van der Waals surface area contributed by atoms with Crippen LogP contribution >= 0.6 is 0 Å². The van der Waals surface area contributed by atoms with Crippen molar-refractivity contribution in [2.45, 2.75) is 32.6 Å². The summed E-state index contributed by atoms with van der Waals surface area (Å²) in [6, 6.07) is 5.84. The van der Waals surface area contributed by atoms with Crippen molar-refractivity contribution in [3.63, 3.8) is 0 Å². The van der Waals surface area contributed by atoms with Crippen LogP contribution in [0.2, 0.25) is 0 Å². The third kappa shape index (κ3) is 4.42. The van der Waals surface area contributed by atoms with Crippen molar-refractivity contribution >= 4 is 10.8 Å². The van der Waals surface area contributed by atoms with Crippen molar-refractivity contribution in [2.75, 3.05) is 12.9 Å². The first-order valence-corrected chi connectivity index (χ1v) is 7.70. The average Bonchev–Trinajstić information content (AvgIpc) is 2.27. The zero-order valence-electron chi connectivity index (χ0n) is 11.6. The van der Waals surface area contributed by atoms with E-state index in [2.05, 4.69) is 13.8 Å². The van der Waals surface area contributed by atoms with Crippen molar-refractivity contribution in [3.8, 4) is 5.75 Å². The molecule has 18 heavy (non-hydrogen) atoms. The van der Waals surface area contributed by atoms with Gasteiger partial charge in [0.05, 0.1) is 12.9 Å². The minimum absolute atomic E-state index is 0.0202. The Kier molecular flexibility index (Phi) is 5.82. The molecule has 0 bridgehead atoms. The predicted molar refractivity (Wildman–Crippen MR) is 77.1 cm³/mol. The van der Waals surface area contributed by atoms with Crippen LogP contribution < -0.4 is 10.5 Å². The van der Waals surface area contributed by atoms with E-state index in [4.69, 9.17) is 10.5 Å². The van der Waals surface area contributed by atoms with E-state index in [1.807, 2.05) is 25.1 Å². The van der Waals surface area contributed by atoms with E-state index in [1.165, 1.54) is 0 Å². The van der Waals surface area contributed by atoms with Crippen molar-refractivity contribution in [1.29, 1.82) is 0 Å². The largest absolute Gasteiger partial charge is 0.496 e. The molecule has 0 amide bonds. The Labute approximate surface area is 112 Å². The summed E-state index contributed by atoms with van der Waals surface area (Å²) >= 11 is 0. The molecule has 0 aliphatic rings. The SMILES string of the molecule is COc1ccc(C(C)N)cc1CS(=O)CC(C)C. The summed E-state index contributed by atoms with van der Waals surface area (Å²) in [5.74, 6) is 2.47. The molecule has 0 aliphatic heterocycles. The van der Waals surface area contributed by atoms with Crippen LogP contribution in [0.15, 0.2) is 18.2 Å². The highest BCUT2D eigenvalue weighted by molar-refractivity contribution is 7.84. The molecule has 3 nitrogen and oxygen atoms in total. The maximum atomic E-state index is 12.0. The molecule has 0 heterocycles. The highest BCUT2D eigenvalue weighted by Gasteiger charge is 2.11. The molecule has 0 saturated carbocycles. The van der Waals surface area contributed by atoms with Crippen LogP contribution in [-0.4, -0.2) is 17.1 Å². The zero-order chi connectivity index (χ0) is 13.7. The van der Waals surface area contributed by atoms with Gasteiger partial charge < -0.3 is 10.5 Å². The minimum Gasteiger partial charge on any atom is -0.496 e. The second-order valence-corrected chi connectivity index (χ2v) is 6.51. The molecule has 102 valence electrons. The van der Waals surface area contributed by atoms with E-state index in [0.29, 0.717) is 17.4 Å². The Bertz CT molecular complexity index is 416. The molecule has 0 radical (unpaired) electrons. The Morgan fingerprint density at radius 1 is 1.33 bits per heavy atom. The third-order valence-electron chi connectivity index (χ3n) is 2.67. The van der Waals surface area contributed by atoms with Crippen LogP contribution in [0, 0.1) is 5.92 Å². The quantitative estimate of drug-likeness (QED) is 0.863. The molecule has 2 N–H and O–H groups in total. The van der Waals surface area contributed by atoms with E-state index in [-0.39, 0.29) is 6.04 Å². The molecule has 2 atom stereocenters. The van der Waals surface area contributed by atoms with Crippen molar-refractivity contribution in [1.82, 2.24) is 0 Å². The first kappa shape index (κ1) is 15.2. The smallest absolute Gasteiger partial charge is 0.123 e. The van der Waals surface area contributed by atoms with Crippen LogP contribution in [0.3, 0.4) is 0 Å². The predicted octanol–water partition coefficient (Wildman–Crippen LogP) is 2.62. The molecule has 1 aromatic rings. The molecule has 0 spiro atoms. The number of methoxy groups -OCH3 is 1. The van der Waals surface area contributed by atoms with Gasteiger partial charge in [-0.25, -0.2) is 0 Å². The number of rotatable bonds is 6. The fourth-order valence-electron chi connectivity index (χ4n) is 1.80. The van der Waals surface area contributed by atoms with Gasteiger partial charge in [0.2, 0.25) is 0 Å². The number of ether oxygens (including phenoxy) is 1. The number of benzene rings is 1. The van der Waals surface area contributed by atoms with E-state index >= 15 is 0 Å². The molecule has 4 heteroatoms. The first-order chi connectivity index (χ1) is 8.43. The maximum absolute atomic E-state index is 12.0. The van der Waals surface area contributed by atoms with Crippen LogP contribution in [-0.2, 0) is 16.6 Å². The van der Waals surface area contributed by atoms with Crippen molar-refractivity contribution in [3.05, 3.63) is 29.3 Å². The molecular formula is C14H23NO2S. The van der Waals surface area contributed by atoms with Gasteiger partial charge in [-0.3, -0.25) is 4.21 Å². The molecule has 0 aromatic heterocycles. The maximum Gasteiger partial charge on any atom is 0.123 e. The lowest BCUT2D eigenvalue weighted by atomic mass is 10.1. The van der Waals surface area contributed by atoms with Crippen LogP contribution in [0.5, 0.6) is 5.75 Å². The van der Waals surface area contributed by atoms with Gasteiger partial charge in [0.25, 0.3) is 0 Å². The van der Waals surface area contributed by atoms with E-state index in [0.717, 1.165) is 16.9 Å². The molecule has 1 aromatic carbocycles. The summed E-state index contributed by atoms with van der Waals surface area (Å²) in [5.41, 5.74) is 7.90. The summed E-state index contributed by atoms with van der Waals surface area (Å²) in [5, 5.41) is 0. The second kappa shape index (κ2) is 6.90. The topological polar surface area (TPSA) is 52.3 Å². The Morgan fingerprint density at radius 3 is 2.50 bits per heavy atom. The molecular weight excluding hydrogens is 246 g/mol.